The van der Waals surface area contributed by atoms with E-state index in [1.807, 2.05) is 0 Å². The fourth-order valence-corrected chi connectivity index (χ4v) is 2.39. The van der Waals surface area contributed by atoms with E-state index in [1.54, 1.807) is 0 Å². The highest BCUT2D eigenvalue weighted by Gasteiger charge is 2.04. The lowest BCUT2D eigenvalue weighted by Crippen LogP contribution is -2.20. The van der Waals surface area contributed by atoms with Gasteiger partial charge in [0.05, 0.1) is 0 Å². The number of rotatable bonds is 4. The molecular weight excluding hydrogens is 250 g/mol. The van der Waals surface area contributed by atoms with Crippen LogP contribution in [0.5, 0.6) is 0 Å². The quantitative estimate of drug-likeness (QED) is 0.877. The maximum absolute atomic E-state index is 3.52. The molecule has 0 atom stereocenters. The van der Waals surface area contributed by atoms with E-state index >= 15 is 0 Å². The van der Waals surface area contributed by atoms with E-state index in [2.05, 4.69) is 61.1 Å². The van der Waals surface area contributed by atoms with Crippen molar-refractivity contribution in [3.8, 4) is 0 Å². The van der Waals surface area contributed by atoms with Gasteiger partial charge in [0.1, 0.15) is 0 Å². The Hall–Kier alpha value is -0.340. The summed E-state index contributed by atoms with van der Waals surface area (Å²) in [6.07, 6.45) is 0. The van der Waals surface area contributed by atoms with Crippen LogP contribution in [0.3, 0.4) is 0 Å². The SMILES string of the molecule is Cc1cc(Br)cc(C)c1CNCC(C)C. The molecule has 0 saturated heterocycles. The van der Waals surface area contributed by atoms with Gasteiger partial charge in [-0.3, -0.25) is 0 Å². The minimum Gasteiger partial charge on any atom is -0.312 e. The summed E-state index contributed by atoms with van der Waals surface area (Å²) in [5, 5.41) is 3.49. The zero-order valence-electron chi connectivity index (χ0n) is 10.0. The molecule has 0 unspecified atom stereocenters. The van der Waals surface area contributed by atoms with Crippen LogP contribution in [0.15, 0.2) is 16.6 Å². The summed E-state index contributed by atoms with van der Waals surface area (Å²) in [6.45, 7) is 10.9. The van der Waals surface area contributed by atoms with Gasteiger partial charge in [-0.25, -0.2) is 0 Å². The Balaban J connectivity index is 2.68. The van der Waals surface area contributed by atoms with Gasteiger partial charge in [-0.1, -0.05) is 29.8 Å². The molecule has 0 saturated carbocycles. The summed E-state index contributed by atoms with van der Waals surface area (Å²) in [5.74, 6) is 0.709. The summed E-state index contributed by atoms with van der Waals surface area (Å²) in [6, 6.07) is 4.36. The van der Waals surface area contributed by atoms with Crippen LogP contribution in [-0.4, -0.2) is 6.54 Å². The minimum atomic E-state index is 0.709. The molecule has 0 amide bonds. The summed E-state index contributed by atoms with van der Waals surface area (Å²) in [7, 11) is 0. The van der Waals surface area contributed by atoms with E-state index in [-0.39, 0.29) is 0 Å². The molecule has 0 aliphatic carbocycles. The molecule has 0 fully saturated rings. The smallest absolute Gasteiger partial charge is 0.0210 e. The lowest BCUT2D eigenvalue weighted by atomic mass is 10.0. The van der Waals surface area contributed by atoms with Crippen LogP contribution >= 0.6 is 15.9 Å². The Morgan fingerprint density at radius 2 is 1.73 bits per heavy atom. The topological polar surface area (TPSA) is 12.0 Å². The Bertz CT molecular complexity index is 308. The third kappa shape index (κ3) is 3.96. The Kier molecular flexibility index (Phi) is 4.81. The maximum Gasteiger partial charge on any atom is 0.0210 e. The van der Waals surface area contributed by atoms with Crippen molar-refractivity contribution < 1.29 is 0 Å². The van der Waals surface area contributed by atoms with Crippen LogP contribution in [0.4, 0.5) is 0 Å². The van der Waals surface area contributed by atoms with Crippen LogP contribution in [0.1, 0.15) is 30.5 Å². The van der Waals surface area contributed by atoms with Gasteiger partial charge >= 0.3 is 0 Å². The first-order valence-electron chi connectivity index (χ1n) is 5.47. The highest BCUT2D eigenvalue weighted by Crippen LogP contribution is 2.20. The summed E-state index contributed by atoms with van der Waals surface area (Å²) >= 11 is 3.52. The van der Waals surface area contributed by atoms with Crippen molar-refractivity contribution in [3.05, 3.63) is 33.3 Å². The number of hydrogen-bond donors (Lipinski definition) is 1. The first-order chi connectivity index (χ1) is 7.00. The average molecular weight is 270 g/mol. The van der Waals surface area contributed by atoms with E-state index in [0.717, 1.165) is 13.1 Å². The molecule has 0 aromatic heterocycles. The zero-order valence-corrected chi connectivity index (χ0v) is 11.6. The van der Waals surface area contributed by atoms with Gasteiger partial charge in [0.15, 0.2) is 0 Å². The predicted octanol–water partition coefficient (Wildman–Crippen LogP) is 3.81. The normalized spacial score (nSPS) is 11.1. The maximum atomic E-state index is 3.52. The van der Waals surface area contributed by atoms with Crippen molar-refractivity contribution >= 4 is 15.9 Å². The molecular formula is C13H20BrN. The van der Waals surface area contributed by atoms with Crippen molar-refractivity contribution in [3.63, 3.8) is 0 Å². The first kappa shape index (κ1) is 12.7. The molecule has 0 radical (unpaired) electrons. The Morgan fingerprint density at radius 3 is 2.20 bits per heavy atom. The standard InChI is InChI=1S/C13H20BrN/c1-9(2)7-15-8-13-10(3)5-12(14)6-11(13)4/h5-6,9,15H,7-8H2,1-4H3. The highest BCUT2D eigenvalue weighted by molar-refractivity contribution is 9.10. The molecule has 0 aliphatic heterocycles. The molecule has 1 aromatic rings. The molecule has 2 heteroatoms. The summed E-state index contributed by atoms with van der Waals surface area (Å²) < 4.78 is 1.17. The van der Waals surface area contributed by atoms with E-state index in [9.17, 15) is 0 Å². The molecule has 1 aromatic carbocycles. The summed E-state index contributed by atoms with van der Waals surface area (Å²) in [4.78, 5) is 0. The molecule has 1 rings (SSSR count). The number of benzene rings is 1. The van der Waals surface area contributed by atoms with Crippen LogP contribution in [-0.2, 0) is 6.54 Å². The molecule has 0 bridgehead atoms. The fraction of sp³-hybridized carbons (Fsp3) is 0.538. The highest BCUT2D eigenvalue weighted by atomic mass is 79.9. The lowest BCUT2D eigenvalue weighted by molar-refractivity contribution is 0.551. The van der Waals surface area contributed by atoms with E-state index in [1.165, 1.54) is 21.2 Å². The predicted molar refractivity (Wildman–Crippen MR) is 70.2 cm³/mol. The van der Waals surface area contributed by atoms with Crippen molar-refractivity contribution in [1.29, 1.82) is 0 Å². The third-order valence-corrected chi connectivity index (χ3v) is 2.97. The van der Waals surface area contributed by atoms with Crippen molar-refractivity contribution in [2.24, 2.45) is 5.92 Å². The van der Waals surface area contributed by atoms with Gasteiger partial charge in [0.2, 0.25) is 0 Å². The van der Waals surface area contributed by atoms with Crippen LogP contribution < -0.4 is 5.32 Å². The van der Waals surface area contributed by atoms with Gasteiger partial charge in [-0.2, -0.15) is 0 Å². The van der Waals surface area contributed by atoms with Gasteiger partial charge in [-0.15, -0.1) is 0 Å². The third-order valence-electron chi connectivity index (χ3n) is 2.52. The average Bonchev–Trinajstić information content (AvgIpc) is 2.08. The second-order valence-electron chi connectivity index (χ2n) is 4.54. The number of hydrogen-bond acceptors (Lipinski definition) is 1. The second kappa shape index (κ2) is 5.66. The molecule has 84 valence electrons. The lowest BCUT2D eigenvalue weighted by Gasteiger charge is -2.13. The van der Waals surface area contributed by atoms with Gasteiger partial charge in [-0.05, 0) is 55.1 Å². The van der Waals surface area contributed by atoms with Gasteiger partial charge < -0.3 is 5.32 Å². The zero-order chi connectivity index (χ0) is 11.4. The monoisotopic (exact) mass is 269 g/mol. The van der Waals surface area contributed by atoms with Crippen molar-refractivity contribution in [1.82, 2.24) is 5.32 Å². The first-order valence-corrected chi connectivity index (χ1v) is 6.26. The van der Waals surface area contributed by atoms with Crippen LogP contribution in [0, 0.1) is 19.8 Å². The Morgan fingerprint density at radius 1 is 1.20 bits per heavy atom. The number of aryl methyl sites for hydroxylation is 2. The van der Waals surface area contributed by atoms with E-state index in [4.69, 9.17) is 0 Å². The van der Waals surface area contributed by atoms with Crippen molar-refractivity contribution in [2.45, 2.75) is 34.2 Å². The number of halogens is 1. The van der Waals surface area contributed by atoms with Crippen molar-refractivity contribution in [2.75, 3.05) is 6.54 Å². The minimum absolute atomic E-state index is 0.709. The van der Waals surface area contributed by atoms with Gasteiger partial charge in [0, 0.05) is 11.0 Å². The Labute approximate surface area is 101 Å². The molecule has 1 N–H and O–H groups in total. The van der Waals surface area contributed by atoms with Gasteiger partial charge in [0.25, 0.3) is 0 Å². The fourth-order valence-electron chi connectivity index (χ4n) is 1.71. The molecule has 1 nitrogen and oxygen atoms in total. The molecule has 15 heavy (non-hydrogen) atoms. The van der Waals surface area contributed by atoms with E-state index < -0.39 is 0 Å². The molecule has 0 spiro atoms. The summed E-state index contributed by atoms with van der Waals surface area (Å²) in [5.41, 5.74) is 4.15. The second-order valence-corrected chi connectivity index (χ2v) is 5.46. The van der Waals surface area contributed by atoms with Crippen LogP contribution in [0.2, 0.25) is 0 Å². The molecule has 0 heterocycles. The molecule has 0 aliphatic rings. The van der Waals surface area contributed by atoms with E-state index in [0.29, 0.717) is 5.92 Å². The number of nitrogens with one attached hydrogen (secondary N) is 1. The van der Waals surface area contributed by atoms with Crippen LogP contribution in [0.25, 0.3) is 0 Å². The largest absolute Gasteiger partial charge is 0.312 e.